The molecule has 0 aliphatic heterocycles. The van der Waals surface area contributed by atoms with E-state index in [0.717, 1.165) is 0 Å². The third-order valence-corrected chi connectivity index (χ3v) is 0. The van der Waals surface area contributed by atoms with Gasteiger partial charge in [0.2, 0.25) is 0 Å². The van der Waals surface area contributed by atoms with Gasteiger partial charge < -0.3 is 0 Å². The van der Waals surface area contributed by atoms with Crippen LogP contribution in [0.3, 0.4) is 0 Å². The van der Waals surface area contributed by atoms with E-state index in [1.165, 1.54) is 0 Å². The molecule has 0 aromatic heterocycles. The van der Waals surface area contributed by atoms with Crippen molar-refractivity contribution in [3.63, 3.8) is 0 Å². The van der Waals surface area contributed by atoms with Gasteiger partial charge in [-0.05, 0) is 0 Å². The Hall–Kier alpha value is 3.62. The molecule has 0 aromatic carbocycles. The van der Waals surface area contributed by atoms with Crippen LogP contribution in [0.5, 0.6) is 0 Å². The Balaban J connectivity index is -0.000000000833. The molecule has 0 aliphatic carbocycles. The van der Waals surface area contributed by atoms with Gasteiger partial charge in [-0.15, -0.1) is 0 Å². The minimum absolute atomic E-state index is 0. The molecule has 0 spiro atoms. The molecule has 0 amide bonds. The summed E-state index contributed by atoms with van der Waals surface area (Å²) in [6.07, 6.45) is 0. The van der Waals surface area contributed by atoms with E-state index in [-0.39, 0.29) is 102 Å². The Bertz CT molecular complexity index is 15.5. The van der Waals surface area contributed by atoms with Gasteiger partial charge in [0, 0.05) is 102 Å². The van der Waals surface area contributed by atoms with Crippen molar-refractivity contribution in [3.05, 3.63) is 0 Å². The summed E-state index contributed by atoms with van der Waals surface area (Å²) in [4.78, 5) is 0. The Kier molecular flexibility index (Phi) is 213. The first-order valence-electron chi connectivity index (χ1n) is 0.289. The molecule has 0 N–H and O–H groups in total. The molecule has 0 saturated heterocycles. The number of hydrogen-bond acceptors (Lipinski definition) is 1. The predicted molar refractivity (Wildman–Crippen MR) is 7.84 cm³/mol. The zero-order valence-corrected chi connectivity index (χ0v) is 12.1. The van der Waals surface area contributed by atoms with E-state index in [1.54, 1.807) is 0 Å². The first-order valence-corrected chi connectivity index (χ1v) is 0.866. The SMILES string of the molecule is [Ce].[Co].[Mn].[O]=[AlH].[Zr]. The summed E-state index contributed by atoms with van der Waals surface area (Å²) in [6.45, 7) is 0. The molecule has 2 radical (unpaired) electrons. The molecule has 0 saturated carbocycles. The van der Waals surface area contributed by atoms with E-state index in [0.29, 0.717) is 16.2 Å². The van der Waals surface area contributed by atoms with Crippen LogP contribution in [-0.4, -0.2) is 16.2 Å². The summed E-state index contributed by atoms with van der Waals surface area (Å²) < 4.78 is 8.28. The van der Waals surface area contributed by atoms with E-state index in [1.807, 2.05) is 0 Å². The molecule has 6 heteroatoms. The molecule has 0 heterocycles. The summed E-state index contributed by atoms with van der Waals surface area (Å²) in [7, 11) is 0. The normalized spacial score (nSPS) is 0.500. The first kappa shape index (κ1) is 33.5. The van der Waals surface area contributed by atoms with Gasteiger partial charge in [-0.2, -0.15) is 0 Å². The van der Waals surface area contributed by atoms with Crippen molar-refractivity contribution in [1.29, 1.82) is 0 Å². The summed E-state index contributed by atoms with van der Waals surface area (Å²) in [5.41, 5.74) is 0. The third kappa shape index (κ3) is 25.5. The summed E-state index contributed by atoms with van der Waals surface area (Å²) in [5, 5.41) is 0. The van der Waals surface area contributed by atoms with Crippen molar-refractivity contribution in [2.45, 2.75) is 0 Å². The summed E-state index contributed by atoms with van der Waals surface area (Å²) in [5.74, 6) is 0. The van der Waals surface area contributed by atoms with Crippen LogP contribution >= 0.6 is 0 Å². The van der Waals surface area contributed by atoms with Gasteiger partial charge in [0.1, 0.15) is 0 Å². The Labute approximate surface area is 119 Å². The van der Waals surface area contributed by atoms with Crippen LogP contribution in [0.15, 0.2) is 0 Å². The zero-order chi connectivity index (χ0) is 2.00. The van der Waals surface area contributed by atoms with Gasteiger partial charge in [0.05, 0.1) is 0 Å². The van der Waals surface area contributed by atoms with Crippen LogP contribution in [0.2, 0.25) is 0 Å². The van der Waals surface area contributed by atoms with E-state index in [9.17, 15) is 0 Å². The van der Waals surface area contributed by atoms with Crippen LogP contribution in [0.1, 0.15) is 0 Å². The van der Waals surface area contributed by atoms with Crippen LogP contribution in [-0.2, 0) is 63.9 Å². The predicted octanol–water partition coefficient (Wildman–Crippen LogP) is -0.775. The molecule has 0 bridgehead atoms. The van der Waals surface area contributed by atoms with Crippen molar-refractivity contribution < 1.29 is 106 Å². The monoisotopic (exact) mass is 388 g/mol. The number of rotatable bonds is 0. The molecule has 34 valence electrons. The van der Waals surface area contributed by atoms with Crippen molar-refractivity contribution in [1.82, 2.24) is 0 Å². The average molecular weight is 389 g/mol. The van der Waals surface area contributed by atoms with E-state index in [2.05, 4.69) is 0 Å². The largest absolute Gasteiger partial charge is 0 e. The van der Waals surface area contributed by atoms with Gasteiger partial charge >= 0.3 is 20.0 Å². The molecule has 1 nitrogen and oxygen atoms in total. The molecule has 0 aromatic rings. The topological polar surface area (TPSA) is 17.1 Å². The first-order chi connectivity index (χ1) is 1.00. The van der Waals surface area contributed by atoms with Crippen molar-refractivity contribution in [2.75, 3.05) is 0 Å². The molecule has 6 heavy (non-hydrogen) atoms. The van der Waals surface area contributed by atoms with Gasteiger partial charge in [-0.25, -0.2) is 0 Å². The molecule has 0 atom stereocenters. The second kappa shape index (κ2) is 38.2. The fourth-order valence-electron chi connectivity index (χ4n) is 0. The van der Waals surface area contributed by atoms with Gasteiger partial charge in [0.25, 0.3) is 0 Å². The van der Waals surface area contributed by atoms with Crippen molar-refractivity contribution in [2.24, 2.45) is 0 Å². The third-order valence-electron chi connectivity index (χ3n) is 0. The molecule has 0 fully saturated rings. The van der Waals surface area contributed by atoms with E-state index < -0.39 is 0 Å². The average Bonchev–Trinajstić information content (AvgIpc) is 1.00. The van der Waals surface area contributed by atoms with Crippen molar-refractivity contribution in [3.8, 4) is 0 Å². The minimum atomic E-state index is 0. The summed E-state index contributed by atoms with van der Waals surface area (Å²) >= 11 is 0.611. The van der Waals surface area contributed by atoms with Crippen molar-refractivity contribution >= 4 is 16.2 Å². The van der Waals surface area contributed by atoms with E-state index >= 15 is 0 Å². The van der Waals surface area contributed by atoms with E-state index in [4.69, 9.17) is 3.80 Å². The van der Waals surface area contributed by atoms with Crippen LogP contribution < -0.4 is 0 Å². The summed E-state index contributed by atoms with van der Waals surface area (Å²) in [6, 6.07) is 0. The standard InChI is InChI=1S/Al.Ce.Co.Mn.O.Zr.H. The molecule has 0 unspecified atom stereocenters. The van der Waals surface area contributed by atoms with Crippen LogP contribution in [0, 0.1) is 41.7 Å². The quantitative estimate of drug-likeness (QED) is 0.498. The Morgan fingerprint density at radius 3 is 1.17 bits per heavy atom. The maximum atomic E-state index is 8.28. The minimum Gasteiger partial charge on any atom is 0 e. The van der Waals surface area contributed by atoms with Crippen LogP contribution in [0.4, 0.5) is 0 Å². The zero-order valence-electron chi connectivity index (χ0n) is 2.83. The maximum Gasteiger partial charge on any atom is 0 e. The Morgan fingerprint density at radius 1 is 1.17 bits per heavy atom. The smallest absolute Gasteiger partial charge is 0 e. The van der Waals surface area contributed by atoms with Gasteiger partial charge in [-0.1, -0.05) is 0 Å². The fraction of sp³-hybridized carbons (Fsp3) is 0. The number of hydrogen-bond donors (Lipinski definition) is 0. The molecular weight excluding hydrogens is 388 g/mol. The maximum absolute atomic E-state index is 8.28. The fourth-order valence-corrected chi connectivity index (χ4v) is 0. The molecule has 0 rings (SSSR count). The van der Waals surface area contributed by atoms with Crippen LogP contribution in [0.25, 0.3) is 0 Å². The van der Waals surface area contributed by atoms with Gasteiger partial charge in [-0.3, -0.25) is 0 Å². The Morgan fingerprint density at radius 2 is 1.17 bits per heavy atom. The molecular formula is HAlCeCoMnOZr. The van der Waals surface area contributed by atoms with Gasteiger partial charge in [0.15, 0.2) is 0 Å². The second-order valence-corrected chi connectivity index (χ2v) is 0. The molecule has 0 aliphatic rings. The second-order valence-electron chi connectivity index (χ2n) is 0.